The van der Waals surface area contributed by atoms with Gasteiger partial charge in [-0.05, 0) is 56.7 Å². The molecule has 1 aromatic rings. The highest BCUT2D eigenvalue weighted by Gasteiger charge is 2.40. The number of benzene rings is 1. The first-order chi connectivity index (χ1) is 14.0. The molecule has 3 fully saturated rings. The number of hydrogen-bond acceptors (Lipinski definition) is 4. The topological polar surface area (TPSA) is 47.0 Å². The summed E-state index contributed by atoms with van der Waals surface area (Å²) < 4.78 is 14.1. The third-order valence-electron chi connectivity index (χ3n) is 7.26. The highest BCUT2D eigenvalue weighted by atomic mass is 19.1. The Morgan fingerprint density at radius 1 is 1.14 bits per heavy atom. The average molecular weight is 404 g/mol. The van der Waals surface area contributed by atoms with Gasteiger partial charge in [0.25, 0.3) is 0 Å². The van der Waals surface area contributed by atoms with Crippen molar-refractivity contribution in [2.75, 3.05) is 44.2 Å². The number of hydrogen-bond donors (Lipinski definition) is 1. The maximum Gasteiger partial charge on any atom is 0.219 e. The zero-order valence-electron chi connectivity index (χ0n) is 17.5. The van der Waals surface area contributed by atoms with Crippen LogP contribution in [0.2, 0.25) is 0 Å². The van der Waals surface area contributed by atoms with Crippen LogP contribution in [0.4, 0.5) is 10.1 Å². The molecule has 3 saturated heterocycles. The van der Waals surface area contributed by atoms with Gasteiger partial charge >= 0.3 is 0 Å². The van der Waals surface area contributed by atoms with Crippen molar-refractivity contribution in [1.82, 2.24) is 9.80 Å². The van der Waals surface area contributed by atoms with Crippen molar-refractivity contribution < 1.29 is 14.3 Å². The summed E-state index contributed by atoms with van der Waals surface area (Å²) in [6.07, 6.45) is 5.85. The van der Waals surface area contributed by atoms with Gasteiger partial charge in [-0.1, -0.05) is 18.6 Å². The minimum absolute atomic E-state index is 0.179. The van der Waals surface area contributed by atoms with Crippen molar-refractivity contribution >= 4 is 11.6 Å². The number of aliphatic hydroxyl groups is 1. The standard InChI is InChI=1S/C23H34FN3O2/c1-18(28)26-13-9-21-19(16-26)6-4-5-12-27(21)17-23(29)10-14-25(15-11-23)22-8-3-2-7-20(22)24/h2-3,7-8,19,21,29H,4-6,9-17H2,1H3/t19-,21+/m1/s1. The molecule has 6 heteroatoms. The fraction of sp³-hybridized carbons (Fsp3) is 0.696. The van der Waals surface area contributed by atoms with Crippen LogP contribution in [-0.2, 0) is 4.79 Å². The molecule has 5 nitrogen and oxygen atoms in total. The summed E-state index contributed by atoms with van der Waals surface area (Å²) in [6, 6.07) is 7.36. The molecule has 0 aromatic heterocycles. The van der Waals surface area contributed by atoms with Crippen molar-refractivity contribution in [3.05, 3.63) is 30.1 Å². The maximum atomic E-state index is 14.1. The van der Waals surface area contributed by atoms with Crippen LogP contribution in [0.25, 0.3) is 0 Å². The number of fused-ring (bicyclic) bond motifs is 1. The van der Waals surface area contributed by atoms with E-state index in [0.29, 0.717) is 50.1 Å². The third kappa shape index (κ3) is 4.58. The van der Waals surface area contributed by atoms with Crippen LogP contribution in [0.3, 0.4) is 0 Å². The van der Waals surface area contributed by atoms with Gasteiger partial charge in [0, 0.05) is 45.7 Å². The van der Waals surface area contributed by atoms with E-state index in [4.69, 9.17) is 0 Å². The Balaban J connectivity index is 1.39. The molecule has 0 unspecified atom stereocenters. The Kier molecular flexibility index (Phi) is 6.11. The van der Waals surface area contributed by atoms with E-state index in [1.165, 1.54) is 18.9 Å². The van der Waals surface area contributed by atoms with E-state index < -0.39 is 5.60 Å². The molecule has 0 radical (unpaired) electrons. The molecule has 0 saturated carbocycles. The van der Waals surface area contributed by atoms with Gasteiger partial charge in [0.1, 0.15) is 5.82 Å². The number of amides is 1. The van der Waals surface area contributed by atoms with Crippen LogP contribution >= 0.6 is 0 Å². The first-order valence-electron chi connectivity index (χ1n) is 11.2. The highest BCUT2D eigenvalue weighted by molar-refractivity contribution is 5.73. The molecule has 4 rings (SSSR count). The maximum absolute atomic E-state index is 14.1. The Labute approximate surface area is 173 Å². The summed E-state index contributed by atoms with van der Waals surface area (Å²) in [7, 11) is 0. The fourth-order valence-electron chi connectivity index (χ4n) is 5.56. The lowest BCUT2D eigenvalue weighted by atomic mass is 9.85. The lowest BCUT2D eigenvalue weighted by Gasteiger charge is -2.47. The molecule has 1 N–H and O–H groups in total. The molecule has 3 aliphatic rings. The van der Waals surface area contributed by atoms with Gasteiger partial charge in [0.05, 0.1) is 11.3 Å². The second-order valence-corrected chi connectivity index (χ2v) is 9.21. The molecule has 0 spiro atoms. The van der Waals surface area contributed by atoms with Crippen molar-refractivity contribution in [3.63, 3.8) is 0 Å². The number of carbonyl (C=O) groups is 1. The Morgan fingerprint density at radius 3 is 2.62 bits per heavy atom. The smallest absolute Gasteiger partial charge is 0.219 e. The lowest BCUT2D eigenvalue weighted by Crippen LogP contribution is -2.57. The van der Waals surface area contributed by atoms with Crippen LogP contribution in [0.1, 0.15) is 45.4 Å². The van der Waals surface area contributed by atoms with Gasteiger partial charge in [-0.3, -0.25) is 9.69 Å². The summed E-state index contributed by atoms with van der Waals surface area (Å²) in [5, 5.41) is 11.4. The number of anilines is 1. The van der Waals surface area contributed by atoms with Crippen molar-refractivity contribution in [3.8, 4) is 0 Å². The zero-order valence-corrected chi connectivity index (χ0v) is 17.5. The first-order valence-corrected chi connectivity index (χ1v) is 11.2. The lowest BCUT2D eigenvalue weighted by molar-refractivity contribution is -0.132. The zero-order chi connectivity index (χ0) is 20.4. The summed E-state index contributed by atoms with van der Waals surface area (Å²) in [6.45, 7) is 6.43. The van der Waals surface area contributed by atoms with Gasteiger partial charge in [-0.2, -0.15) is 0 Å². The summed E-state index contributed by atoms with van der Waals surface area (Å²) in [5.74, 6) is 0.501. The van der Waals surface area contributed by atoms with Crippen LogP contribution < -0.4 is 4.90 Å². The van der Waals surface area contributed by atoms with E-state index in [0.717, 1.165) is 32.5 Å². The normalized spacial score (nSPS) is 28.0. The largest absolute Gasteiger partial charge is 0.388 e. The fourth-order valence-corrected chi connectivity index (χ4v) is 5.56. The molecule has 2 atom stereocenters. The van der Waals surface area contributed by atoms with E-state index in [-0.39, 0.29) is 11.7 Å². The number of para-hydroxylation sites is 1. The summed E-state index contributed by atoms with van der Waals surface area (Å²) in [5.41, 5.74) is -0.0741. The molecule has 1 amide bonds. The molecule has 0 bridgehead atoms. The van der Waals surface area contributed by atoms with E-state index in [1.54, 1.807) is 13.0 Å². The second-order valence-electron chi connectivity index (χ2n) is 9.21. The molecular weight excluding hydrogens is 369 g/mol. The third-order valence-corrected chi connectivity index (χ3v) is 7.26. The molecule has 3 aliphatic heterocycles. The number of piperidine rings is 2. The average Bonchev–Trinajstić information content (AvgIpc) is 2.91. The van der Waals surface area contributed by atoms with Gasteiger partial charge < -0.3 is 14.9 Å². The minimum atomic E-state index is -0.714. The number of carbonyl (C=O) groups excluding carboxylic acids is 1. The predicted molar refractivity (Wildman–Crippen MR) is 112 cm³/mol. The number of likely N-dealkylation sites (tertiary alicyclic amines) is 2. The second kappa shape index (κ2) is 8.60. The van der Waals surface area contributed by atoms with Crippen LogP contribution in [0, 0.1) is 11.7 Å². The molecule has 3 heterocycles. The van der Waals surface area contributed by atoms with E-state index in [2.05, 4.69) is 9.80 Å². The monoisotopic (exact) mass is 403 g/mol. The number of halogens is 1. The van der Waals surface area contributed by atoms with Crippen molar-refractivity contribution in [1.29, 1.82) is 0 Å². The van der Waals surface area contributed by atoms with Gasteiger partial charge in [-0.25, -0.2) is 4.39 Å². The van der Waals surface area contributed by atoms with Crippen molar-refractivity contribution in [2.24, 2.45) is 5.92 Å². The van der Waals surface area contributed by atoms with Crippen LogP contribution in [-0.4, -0.2) is 71.7 Å². The van der Waals surface area contributed by atoms with E-state index in [9.17, 15) is 14.3 Å². The molecule has 1 aromatic carbocycles. The molecule has 0 aliphatic carbocycles. The molecule has 160 valence electrons. The van der Waals surface area contributed by atoms with Crippen LogP contribution in [0.5, 0.6) is 0 Å². The molecular formula is C23H34FN3O2. The first kappa shape index (κ1) is 20.6. The van der Waals surface area contributed by atoms with Crippen molar-refractivity contribution in [2.45, 2.75) is 57.1 Å². The summed E-state index contributed by atoms with van der Waals surface area (Å²) >= 11 is 0. The number of rotatable bonds is 3. The van der Waals surface area contributed by atoms with Gasteiger partial charge in [0.15, 0.2) is 0 Å². The quantitative estimate of drug-likeness (QED) is 0.843. The summed E-state index contributed by atoms with van der Waals surface area (Å²) in [4.78, 5) is 18.4. The van der Waals surface area contributed by atoms with Gasteiger partial charge in [-0.15, -0.1) is 0 Å². The SMILES string of the molecule is CC(=O)N1CC[C@H]2[C@H](CCCCN2CC2(O)CCN(c3ccccc3F)CC2)C1. The Bertz CT molecular complexity index is 720. The van der Waals surface area contributed by atoms with E-state index in [1.807, 2.05) is 17.0 Å². The predicted octanol–water partition coefficient (Wildman–Crippen LogP) is 2.88. The van der Waals surface area contributed by atoms with Gasteiger partial charge in [0.2, 0.25) is 5.91 Å². The Hall–Kier alpha value is -1.66. The van der Waals surface area contributed by atoms with Crippen LogP contribution in [0.15, 0.2) is 24.3 Å². The number of β-amino-alcohol motifs (C(OH)–C–C–N with tert-alkyl or cyclic N) is 1. The molecule has 29 heavy (non-hydrogen) atoms. The Morgan fingerprint density at radius 2 is 1.90 bits per heavy atom. The minimum Gasteiger partial charge on any atom is -0.388 e. The highest BCUT2D eigenvalue weighted by Crippen LogP contribution is 2.34. The number of nitrogens with zero attached hydrogens (tertiary/aromatic N) is 3. The van der Waals surface area contributed by atoms with E-state index >= 15 is 0 Å².